The molecule has 2 nitrogen and oxygen atoms in total. The molecule has 0 aliphatic carbocycles. The summed E-state index contributed by atoms with van der Waals surface area (Å²) in [5.74, 6) is 0. The normalized spacial score (nSPS) is 9.00. The largest absolute Gasteiger partial charge is 0.190 e. The van der Waals surface area contributed by atoms with Gasteiger partial charge in [0.05, 0.1) is 11.9 Å². The van der Waals surface area contributed by atoms with Crippen molar-refractivity contribution >= 4 is 11.9 Å². The summed E-state index contributed by atoms with van der Waals surface area (Å²) < 4.78 is 4.00. The molecule has 0 aliphatic rings. The lowest BCUT2D eigenvalue weighted by atomic mass is 10.5. The zero-order chi connectivity index (χ0) is 4.83. The highest BCUT2D eigenvalue weighted by molar-refractivity contribution is 6.07. The molecule has 6 heavy (non-hydrogen) atoms. The summed E-state index contributed by atoms with van der Waals surface area (Å²) >= 11 is 4.77. The van der Waals surface area contributed by atoms with Crippen molar-refractivity contribution in [2.24, 2.45) is 0 Å². The highest BCUT2D eigenvalue weighted by Crippen LogP contribution is 1.72. The molecule has 0 fully saturated rings. The molecule has 0 rings (SSSR count). The third-order valence-corrected chi connectivity index (χ3v) is 0.516. The molecule has 0 aromatic heterocycles. The Hall–Kier alpha value is 0.210. The Morgan fingerprint density at radius 2 is 2.50 bits per heavy atom. The summed E-state index contributed by atoms with van der Waals surface area (Å²) in [6.45, 7) is 2.84. The number of hydrogen-bond acceptors (Lipinski definition) is 2. The third-order valence-electron chi connectivity index (χ3n) is 0.407. The lowest BCUT2D eigenvalue weighted by molar-refractivity contribution is 0.219. The number of rotatable bonds is 3. The van der Waals surface area contributed by atoms with Gasteiger partial charge >= 0.3 is 0 Å². The predicted octanol–water partition coefficient (Wildman–Crippen LogP) is 1.07. The predicted molar refractivity (Wildman–Crippen MR) is 25.2 cm³/mol. The minimum absolute atomic E-state index is 0.809. The molecule has 38 valence electrons. The Morgan fingerprint density at radius 1 is 1.83 bits per heavy atom. The number of nitrogens with one attached hydrogen (secondary N) is 1. The zero-order valence-electron chi connectivity index (χ0n) is 3.70. The van der Waals surface area contributed by atoms with E-state index in [0.29, 0.717) is 0 Å². The van der Waals surface area contributed by atoms with E-state index in [1.165, 1.54) is 0 Å². The third kappa shape index (κ3) is 4.21. The maximum Gasteiger partial charge on any atom is 0.0837 e. The summed E-state index contributed by atoms with van der Waals surface area (Å²) in [5, 5.41) is 0. The Balaban J connectivity index is 2.34. The Morgan fingerprint density at radius 3 is 2.67 bits per heavy atom. The summed E-state index contributed by atoms with van der Waals surface area (Å²) in [4.78, 5) is 0. The maximum absolute atomic E-state index is 4.77. The topological polar surface area (TPSA) is 21.3 Å². The van der Waals surface area contributed by atoms with Gasteiger partial charge in [0.25, 0.3) is 0 Å². The first-order valence-electron chi connectivity index (χ1n) is 1.92. The van der Waals surface area contributed by atoms with Crippen molar-refractivity contribution in [1.82, 2.24) is 5.48 Å². The van der Waals surface area contributed by atoms with Crippen LogP contribution in [0.2, 0.25) is 0 Å². The molecule has 0 bridgehead atoms. The van der Waals surface area contributed by atoms with Gasteiger partial charge < -0.3 is 0 Å². The molecule has 0 aliphatic heterocycles. The van der Waals surface area contributed by atoms with Gasteiger partial charge in [0.15, 0.2) is 0 Å². The average molecular weight is 110 g/mol. The first kappa shape index (κ1) is 6.21. The van der Waals surface area contributed by atoms with Crippen LogP contribution in [0, 0.1) is 0 Å². The fourth-order valence-corrected chi connectivity index (χ4v) is 0.218. The molecule has 0 aromatic rings. The van der Waals surface area contributed by atoms with Gasteiger partial charge in [-0.25, -0.2) is 0 Å². The summed E-state index contributed by atoms with van der Waals surface area (Å²) in [6.07, 6.45) is 1.03. The van der Waals surface area contributed by atoms with Crippen LogP contribution in [0.25, 0.3) is 0 Å². The van der Waals surface area contributed by atoms with Crippen molar-refractivity contribution in [2.45, 2.75) is 13.3 Å². The monoisotopic (exact) mass is 109 g/mol. The number of hydroxylamine groups is 1. The van der Waals surface area contributed by atoms with Crippen LogP contribution < -0.4 is 5.48 Å². The fourth-order valence-electron chi connectivity index (χ4n) is 0.141. The van der Waals surface area contributed by atoms with E-state index < -0.39 is 0 Å². The van der Waals surface area contributed by atoms with Crippen molar-refractivity contribution in [3.8, 4) is 0 Å². The molecular weight excluding hydrogens is 101 g/mol. The molecule has 3 heteroatoms. The summed E-state index contributed by atoms with van der Waals surface area (Å²) in [5.41, 5.74) is 2.46. The highest BCUT2D eigenvalue weighted by atomic mass is 35.5. The molecule has 0 amide bonds. The van der Waals surface area contributed by atoms with E-state index in [1.807, 2.05) is 6.92 Å². The first-order valence-corrected chi connectivity index (χ1v) is 2.23. The van der Waals surface area contributed by atoms with Crippen LogP contribution in [0.5, 0.6) is 0 Å². The highest BCUT2D eigenvalue weighted by Gasteiger charge is 1.73. The molecule has 0 atom stereocenters. The van der Waals surface area contributed by atoms with Crippen LogP contribution in [-0.4, -0.2) is 6.54 Å². The van der Waals surface area contributed by atoms with Gasteiger partial charge in [-0.1, -0.05) is 6.92 Å². The van der Waals surface area contributed by atoms with E-state index in [4.69, 9.17) is 11.9 Å². The van der Waals surface area contributed by atoms with Crippen LogP contribution in [-0.2, 0) is 4.39 Å². The smallest absolute Gasteiger partial charge is 0.0837 e. The Kier molecular flexibility index (Phi) is 5.39. The minimum atomic E-state index is 0.809. The number of hydrogen-bond donors (Lipinski definition) is 1. The maximum atomic E-state index is 4.77. The molecule has 0 unspecified atom stereocenters. The second kappa shape index (κ2) is 5.21. The minimum Gasteiger partial charge on any atom is -0.190 e. The summed E-state index contributed by atoms with van der Waals surface area (Å²) in [7, 11) is 0. The molecule has 0 saturated carbocycles. The number of halogens is 1. The van der Waals surface area contributed by atoms with Gasteiger partial charge in [-0.15, -0.1) is 0 Å². The van der Waals surface area contributed by atoms with Crippen molar-refractivity contribution < 1.29 is 4.39 Å². The molecule has 0 radical (unpaired) electrons. The lowest BCUT2D eigenvalue weighted by Gasteiger charge is -1.89. The quantitative estimate of drug-likeness (QED) is 0.433. The van der Waals surface area contributed by atoms with Crippen molar-refractivity contribution in [1.29, 1.82) is 0 Å². The second-order valence-corrected chi connectivity index (χ2v) is 1.13. The van der Waals surface area contributed by atoms with Crippen LogP contribution >= 0.6 is 11.9 Å². The van der Waals surface area contributed by atoms with Gasteiger partial charge in [0, 0.05) is 6.54 Å². The zero-order valence-corrected chi connectivity index (χ0v) is 4.46. The molecule has 0 heterocycles. The molecule has 0 saturated heterocycles. The van der Waals surface area contributed by atoms with E-state index in [0.717, 1.165) is 13.0 Å². The first-order chi connectivity index (χ1) is 2.91. The van der Waals surface area contributed by atoms with Crippen molar-refractivity contribution in [2.75, 3.05) is 6.54 Å². The van der Waals surface area contributed by atoms with E-state index in [-0.39, 0.29) is 0 Å². The molecule has 0 spiro atoms. The van der Waals surface area contributed by atoms with Crippen LogP contribution in [0.1, 0.15) is 13.3 Å². The van der Waals surface area contributed by atoms with Gasteiger partial charge in [0.1, 0.15) is 0 Å². The molecule has 0 aromatic carbocycles. The SMILES string of the molecule is CCCNOCl. The molecular formula is C3H8ClNO. The van der Waals surface area contributed by atoms with Crippen LogP contribution in [0.15, 0.2) is 0 Å². The lowest BCUT2D eigenvalue weighted by Crippen LogP contribution is -2.08. The van der Waals surface area contributed by atoms with E-state index >= 15 is 0 Å². The average Bonchev–Trinajstić information content (AvgIpc) is 1.61. The van der Waals surface area contributed by atoms with Crippen LogP contribution in [0.3, 0.4) is 0 Å². The Labute approximate surface area is 42.6 Å². The second-order valence-electron chi connectivity index (χ2n) is 0.971. The van der Waals surface area contributed by atoms with Crippen LogP contribution in [0.4, 0.5) is 0 Å². The van der Waals surface area contributed by atoms with Gasteiger partial charge in [-0.2, -0.15) is 9.87 Å². The van der Waals surface area contributed by atoms with Gasteiger partial charge in [-0.05, 0) is 6.42 Å². The van der Waals surface area contributed by atoms with Gasteiger partial charge in [0.2, 0.25) is 0 Å². The van der Waals surface area contributed by atoms with Gasteiger partial charge in [-0.3, -0.25) is 0 Å². The fraction of sp³-hybridized carbons (Fsp3) is 1.00. The summed E-state index contributed by atoms with van der Waals surface area (Å²) in [6, 6.07) is 0. The standard InChI is InChI=1S/C3H8ClNO/c1-2-3-5-6-4/h5H,2-3H2,1H3. The molecule has 1 N–H and O–H groups in total. The van der Waals surface area contributed by atoms with E-state index in [1.54, 1.807) is 0 Å². The van der Waals surface area contributed by atoms with Crippen molar-refractivity contribution in [3.63, 3.8) is 0 Å². The Bertz CT molecular complexity index is 22.8. The van der Waals surface area contributed by atoms with E-state index in [2.05, 4.69) is 9.87 Å². The van der Waals surface area contributed by atoms with Crippen molar-refractivity contribution in [3.05, 3.63) is 0 Å². The van der Waals surface area contributed by atoms with E-state index in [9.17, 15) is 0 Å².